The van der Waals surface area contributed by atoms with Crippen LogP contribution in [0, 0.1) is 0 Å². The van der Waals surface area contributed by atoms with Gasteiger partial charge in [0, 0.05) is 33.7 Å². The molecule has 300 valence electrons. The number of rotatable bonds is 8. The summed E-state index contributed by atoms with van der Waals surface area (Å²) in [4.78, 5) is 4.91. The first-order valence-electron chi connectivity index (χ1n) is 22.1. The number of fused-ring (bicyclic) bond motifs is 4. The molecule has 0 spiro atoms. The number of anilines is 5. The lowest BCUT2D eigenvalue weighted by Gasteiger charge is -2.36. The molecule has 0 atom stereocenters. The Kier molecular flexibility index (Phi) is 9.11. The van der Waals surface area contributed by atoms with Crippen molar-refractivity contribution in [2.75, 3.05) is 9.80 Å². The monoisotopic (exact) mass is 808 g/mol. The zero-order valence-electron chi connectivity index (χ0n) is 34.9. The van der Waals surface area contributed by atoms with E-state index in [1.165, 1.54) is 61.1 Å². The van der Waals surface area contributed by atoms with Crippen LogP contribution in [0.3, 0.4) is 0 Å². The van der Waals surface area contributed by atoms with Gasteiger partial charge in [-0.25, -0.2) is 0 Å². The first kappa shape index (κ1) is 36.9. The molecule has 0 saturated carbocycles. The third-order valence-corrected chi connectivity index (χ3v) is 13.0. The van der Waals surface area contributed by atoms with Crippen LogP contribution in [0.15, 0.2) is 218 Å². The van der Waals surface area contributed by atoms with Gasteiger partial charge in [-0.15, -0.1) is 0 Å². The maximum atomic E-state index is 7.38. The van der Waals surface area contributed by atoms with E-state index in [0.717, 1.165) is 76.3 Å². The van der Waals surface area contributed by atoms with E-state index in [2.05, 4.69) is 228 Å². The summed E-state index contributed by atoms with van der Waals surface area (Å²) in [5.74, 6) is 1.71. The van der Waals surface area contributed by atoms with Gasteiger partial charge in [0.05, 0.1) is 11.4 Å². The van der Waals surface area contributed by atoms with E-state index >= 15 is 0 Å². The van der Waals surface area contributed by atoms with Crippen LogP contribution in [0.2, 0.25) is 0 Å². The number of allylic oxidation sites excluding steroid dienone is 5. The van der Waals surface area contributed by atoms with Crippen LogP contribution in [-0.4, -0.2) is 0 Å². The molecule has 1 aliphatic heterocycles. The lowest BCUT2D eigenvalue weighted by atomic mass is 9.89. The fraction of sp³-hybridized carbons (Fsp3) is 0.0667. The van der Waals surface area contributed by atoms with E-state index in [4.69, 9.17) is 4.74 Å². The Labute approximate surface area is 368 Å². The highest BCUT2D eigenvalue weighted by molar-refractivity contribution is 6.11. The van der Waals surface area contributed by atoms with E-state index < -0.39 is 0 Å². The van der Waals surface area contributed by atoms with Crippen LogP contribution in [0.1, 0.15) is 36.0 Å². The smallest absolute Gasteiger partial charge is 0.159 e. The molecule has 0 radical (unpaired) electrons. The van der Waals surface area contributed by atoms with Crippen LogP contribution >= 0.6 is 0 Å². The topological polar surface area (TPSA) is 15.7 Å². The van der Waals surface area contributed by atoms with Crippen LogP contribution in [0.4, 0.5) is 28.4 Å². The van der Waals surface area contributed by atoms with Gasteiger partial charge in [0.15, 0.2) is 5.75 Å². The molecule has 2 aliphatic carbocycles. The van der Waals surface area contributed by atoms with Gasteiger partial charge in [-0.3, -0.25) is 0 Å². The lowest BCUT2D eigenvalue weighted by molar-refractivity contribution is 0.488. The highest BCUT2D eigenvalue weighted by Gasteiger charge is 2.32. The first-order chi connectivity index (χ1) is 31.2. The minimum Gasteiger partial charge on any atom is -0.454 e. The molecule has 63 heavy (non-hydrogen) atoms. The minimum atomic E-state index is 0.851. The highest BCUT2D eigenvalue weighted by atomic mass is 16.5. The summed E-state index contributed by atoms with van der Waals surface area (Å²) in [6.07, 6.45) is 13.2. The van der Waals surface area contributed by atoms with Gasteiger partial charge in [0.1, 0.15) is 5.75 Å². The van der Waals surface area contributed by atoms with Crippen molar-refractivity contribution in [2.24, 2.45) is 0 Å². The molecule has 3 nitrogen and oxygen atoms in total. The Morgan fingerprint density at radius 1 is 0.444 bits per heavy atom. The largest absolute Gasteiger partial charge is 0.454 e. The Morgan fingerprint density at radius 2 is 1.14 bits per heavy atom. The van der Waals surface area contributed by atoms with Gasteiger partial charge in [0.25, 0.3) is 0 Å². The quantitative estimate of drug-likeness (QED) is 0.152. The molecule has 1 heterocycles. The maximum Gasteiger partial charge on any atom is 0.159 e. The van der Waals surface area contributed by atoms with Crippen molar-refractivity contribution in [3.05, 3.63) is 235 Å². The van der Waals surface area contributed by atoms with Crippen LogP contribution < -0.4 is 14.5 Å². The zero-order chi connectivity index (χ0) is 41.7. The molecule has 0 saturated heterocycles. The van der Waals surface area contributed by atoms with Crippen molar-refractivity contribution in [3.63, 3.8) is 0 Å². The Bertz CT molecular complexity index is 3310. The summed E-state index contributed by atoms with van der Waals surface area (Å²) >= 11 is 0. The third kappa shape index (κ3) is 6.52. The number of hydrogen-bond donors (Lipinski definition) is 0. The van der Waals surface area contributed by atoms with Crippen molar-refractivity contribution in [3.8, 4) is 33.8 Å². The molecule has 9 aromatic rings. The average Bonchev–Trinajstić information content (AvgIpc) is 3.36. The van der Waals surface area contributed by atoms with Crippen molar-refractivity contribution < 1.29 is 4.74 Å². The van der Waals surface area contributed by atoms with Gasteiger partial charge < -0.3 is 14.5 Å². The molecule has 12 rings (SSSR count). The second kappa shape index (κ2) is 15.5. The Morgan fingerprint density at radius 3 is 1.97 bits per heavy atom. The summed E-state index contributed by atoms with van der Waals surface area (Å²) < 4.78 is 7.38. The summed E-state index contributed by atoms with van der Waals surface area (Å²) in [5, 5.41) is 4.66. The van der Waals surface area contributed by atoms with Crippen molar-refractivity contribution in [1.82, 2.24) is 0 Å². The SMILES string of the molecule is C1=Cc2cccc(N(C3=CC=C(c4ccccc4)CC3)c3cccc4c3-c3cccc5ccc(N(c6ccc(-c7ccccc7)cc6)c6ccc7ccccc7c6)c(c35)O4)c2CC1. The second-order valence-corrected chi connectivity index (χ2v) is 16.7. The van der Waals surface area contributed by atoms with Crippen molar-refractivity contribution in [1.29, 1.82) is 0 Å². The van der Waals surface area contributed by atoms with E-state index in [1.807, 2.05) is 0 Å². The second-order valence-electron chi connectivity index (χ2n) is 16.7. The molecule has 0 unspecified atom stereocenters. The molecule has 0 N–H and O–H groups in total. The zero-order valence-corrected chi connectivity index (χ0v) is 34.9. The van der Waals surface area contributed by atoms with Gasteiger partial charge in [-0.1, -0.05) is 164 Å². The maximum absolute atomic E-state index is 7.38. The number of hydrogen-bond acceptors (Lipinski definition) is 3. The number of ether oxygens (including phenoxy) is 1. The van der Waals surface area contributed by atoms with Crippen molar-refractivity contribution in [2.45, 2.75) is 25.7 Å². The molecular weight excluding hydrogens is 765 g/mol. The number of benzene rings is 9. The van der Waals surface area contributed by atoms with E-state index in [1.54, 1.807) is 0 Å². The lowest BCUT2D eigenvalue weighted by Crippen LogP contribution is -2.21. The van der Waals surface area contributed by atoms with E-state index in [-0.39, 0.29) is 0 Å². The first-order valence-corrected chi connectivity index (χ1v) is 22.1. The normalized spacial score (nSPS) is 13.7. The average molecular weight is 809 g/mol. The highest BCUT2D eigenvalue weighted by Crippen LogP contribution is 2.57. The molecule has 0 bridgehead atoms. The fourth-order valence-corrected chi connectivity index (χ4v) is 9.98. The molecule has 0 amide bonds. The van der Waals surface area contributed by atoms with E-state index in [0.29, 0.717) is 0 Å². The number of nitrogens with zero attached hydrogens (tertiary/aromatic N) is 2. The van der Waals surface area contributed by atoms with Gasteiger partial charge in [-0.05, 0) is 135 Å². The molecule has 3 heteroatoms. The van der Waals surface area contributed by atoms with Crippen molar-refractivity contribution >= 4 is 61.6 Å². The molecular formula is C60H44N2O. The van der Waals surface area contributed by atoms with E-state index in [9.17, 15) is 0 Å². The van der Waals surface area contributed by atoms with Gasteiger partial charge in [0.2, 0.25) is 0 Å². The van der Waals surface area contributed by atoms with Gasteiger partial charge in [-0.2, -0.15) is 0 Å². The molecule has 0 aromatic heterocycles. The summed E-state index contributed by atoms with van der Waals surface area (Å²) in [5.41, 5.74) is 16.8. The predicted molar refractivity (Wildman–Crippen MR) is 265 cm³/mol. The summed E-state index contributed by atoms with van der Waals surface area (Å²) in [7, 11) is 0. The van der Waals surface area contributed by atoms with Crippen LogP contribution in [-0.2, 0) is 6.42 Å². The third-order valence-electron chi connectivity index (χ3n) is 13.0. The molecule has 3 aliphatic rings. The summed E-state index contributed by atoms with van der Waals surface area (Å²) in [6, 6.07) is 70.2. The Balaban J connectivity index is 1.05. The fourth-order valence-electron chi connectivity index (χ4n) is 9.98. The van der Waals surface area contributed by atoms with Crippen LogP contribution in [0.25, 0.3) is 55.4 Å². The molecule has 9 aromatic carbocycles. The predicted octanol–water partition coefficient (Wildman–Crippen LogP) is 16.8. The Hall–Kier alpha value is -7.88. The summed E-state index contributed by atoms with van der Waals surface area (Å²) in [6.45, 7) is 0. The molecule has 0 fully saturated rings. The standard InChI is InChI=1S/C60H44N2O/c1-3-14-41(15-4-1)44-28-34-49(35-29-44)61(51-38-32-43-18-7-8-20-48(43)40-51)56-39-33-47-22-11-24-53-58(47)60(56)63-57-27-13-26-55(59(53)57)62(54-25-12-21-46-19-9-10-23-52(46)54)50-36-30-45(31-37-50)42-16-5-2-6-17-42/h1-9,11-22,24-30,32-36,38-40H,10,23,31,37H2. The van der Waals surface area contributed by atoms with Gasteiger partial charge >= 0.3 is 0 Å². The minimum absolute atomic E-state index is 0.851. The van der Waals surface area contributed by atoms with Crippen LogP contribution in [0.5, 0.6) is 11.5 Å².